The molecule has 2 saturated heterocycles. The minimum Gasteiger partial charge on any atom is -0.386 e. The van der Waals surface area contributed by atoms with Crippen molar-refractivity contribution in [2.24, 2.45) is 7.05 Å². The van der Waals surface area contributed by atoms with Crippen LogP contribution < -0.4 is 5.32 Å². The summed E-state index contributed by atoms with van der Waals surface area (Å²) in [5.41, 5.74) is -0.624. The summed E-state index contributed by atoms with van der Waals surface area (Å²) >= 11 is 0. The third-order valence-electron chi connectivity index (χ3n) is 5.62. The highest BCUT2D eigenvalue weighted by atomic mass is 16.5. The van der Waals surface area contributed by atoms with Crippen molar-refractivity contribution >= 4 is 17.9 Å². The lowest BCUT2D eigenvalue weighted by atomic mass is 9.77. The summed E-state index contributed by atoms with van der Waals surface area (Å²) in [6.45, 7) is 4.48. The first-order valence-electron chi connectivity index (χ1n) is 9.29. The van der Waals surface area contributed by atoms with Gasteiger partial charge in [-0.25, -0.2) is 0 Å². The third kappa shape index (κ3) is 4.39. The molecule has 2 amide bonds. The number of ether oxygens (including phenoxy) is 1. The highest BCUT2D eigenvalue weighted by Crippen LogP contribution is 2.38. The van der Waals surface area contributed by atoms with E-state index < -0.39 is 11.2 Å². The van der Waals surface area contributed by atoms with E-state index in [1.807, 2.05) is 18.0 Å². The molecule has 3 rings (SSSR count). The standard InChI is InChI=1S/C19H28N4O4/c1-14(24)21-16-12-19(27-13-18(16,2)26)7-10-23(11-8-19)17(25)5-4-15-6-9-20-22(15)3/h4-6,9,16,26H,7-8,10-13H2,1-3H3,(H,21,24)/b5-4+/t16-,18-/m0/s1. The number of aryl methyl sites for hydroxylation is 1. The van der Waals surface area contributed by atoms with Crippen LogP contribution in [0.3, 0.4) is 0 Å². The van der Waals surface area contributed by atoms with Gasteiger partial charge in [0.1, 0.15) is 5.60 Å². The first-order chi connectivity index (χ1) is 12.7. The quantitative estimate of drug-likeness (QED) is 0.748. The van der Waals surface area contributed by atoms with Crippen LogP contribution in [0.15, 0.2) is 18.3 Å². The average molecular weight is 376 g/mol. The van der Waals surface area contributed by atoms with Gasteiger partial charge in [0, 0.05) is 39.3 Å². The second-order valence-corrected chi connectivity index (χ2v) is 7.82. The van der Waals surface area contributed by atoms with E-state index in [-0.39, 0.29) is 24.5 Å². The molecular formula is C19H28N4O4. The van der Waals surface area contributed by atoms with Gasteiger partial charge in [-0.2, -0.15) is 5.10 Å². The maximum Gasteiger partial charge on any atom is 0.246 e. The van der Waals surface area contributed by atoms with Crippen LogP contribution in [-0.4, -0.2) is 68.5 Å². The molecule has 8 heteroatoms. The number of rotatable bonds is 3. The van der Waals surface area contributed by atoms with E-state index in [9.17, 15) is 14.7 Å². The number of piperidine rings is 1. The zero-order chi connectivity index (χ0) is 19.7. The Bertz CT molecular complexity index is 732. The predicted molar refractivity (Wildman–Crippen MR) is 99.6 cm³/mol. The average Bonchev–Trinajstić information content (AvgIpc) is 3.02. The molecule has 2 atom stereocenters. The van der Waals surface area contributed by atoms with Crippen molar-refractivity contribution in [2.45, 2.75) is 50.4 Å². The van der Waals surface area contributed by atoms with Crippen LogP contribution in [0.2, 0.25) is 0 Å². The van der Waals surface area contributed by atoms with Gasteiger partial charge < -0.3 is 20.1 Å². The Balaban J connectivity index is 1.59. The van der Waals surface area contributed by atoms with Gasteiger partial charge in [0.2, 0.25) is 11.8 Å². The van der Waals surface area contributed by atoms with Crippen molar-refractivity contribution in [3.63, 3.8) is 0 Å². The van der Waals surface area contributed by atoms with Crippen molar-refractivity contribution < 1.29 is 19.4 Å². The molecule has 27 heavy (non-hydrogen) atoms. The zero-order valence-corrected chi connectivity index (χ0v) is 16.1. The second kappa shape index (κ2) is 7.44. The molecule has 1 aromatic heterocycles. The van der Waals surface area contributed by atoms with Crippen molar-refractivity contribution in [2.75, 3.05) is 19.7 Å². The van der Waals surface area contributed by atoms with Gasteiger partial charge in [0.15, 0.2) is 0 Å². The van der Waals surface area contributed by atoms with Crippen LogP contribution >= 0.6 is 0 Å². The van der Waals surface area contributed by atoms with Crippen molar-refractivity contribution in [3.05, 3.63) is 24.0 Å². The summed E-state index contributed by atoms with van der Waals surface area (Å²) in [5.74, 6) is -0.197. The molecule has 8 nitrogen and oxygen atoms in total. The van der Waals surface area contributed by atoms with Crippen molar-refractivity contribution in [1.29, 1.82) is 0 Å². The second-order valence-electron chi connectivity index (χ2n) is 7.82. The number of hydrogen-bond donors (Lipinski definition) is 2. The molecule has 0 aliphatic carbocycles. The Hall–Kier alpha value is -2.19. The topological polar surface area (TPSA) is 96.7 Å². The fourth-order valence-corrected chi connectivity index (χ4v) is 3.80. The van der Waals surface area contributed by atoms with E-state index in [0.717, 1.165) is 5.69 Å². The summed E-state index contributed by atoms with van der Waals surface area (Å²) in [4.78, 5) is 25.7. The van der Waals surface area contributed by atoms with Crippen molar-refractivity contribution in [3.8, 4) is 0 Å². The molecule has 0 radical (unpaired) electrons. The molecule has 2 aliphatic heterocycles. The lowest BCUT2D eigenvalue weighted by Crippen LogP contribution is -2.63. The molecule has 0 aromatic carbocycles. The lowest BCUT2D eigenvalue weighted by Gasteiger charge is -2.50. The number of likely N-dealkylation sites (tertiary alicyclic amines) is 1. The molecular weight excluding hydrogens is 348 g/mol. The number of carbonyl (C=O) groups is 2. The Morgan fingerprint density at radius 1 is 1.41 bits per heavy atom. The van der Waals surface area contributed by atoms with E-state index in [1.165, 1.54) is 6.92 Å². The fourth-order valence-electron chi connectivity index (χ4n) is 3.80. The van der Waals surface area contributed by atoms with E-state index in [1.54, 1.807) is 30.0 Å². The Morgan fingerprint density at radius 2 is 2.11 bits per heavy atom. The summed E-state index contributed by atoms with van der Waals surface area (Å²) < 4.78 is 7.73. The van der Waals surface area contributed by atoms with Crippen LogP contribution in [0.1, 0.15) is 38.8 Å². The Morgan fingerprint density at radius 3 is 2.70 bits per heavy atom. The molecule has 0 saturated carbocycles. The molecule has 0 unspecified atom stereocenters. The minimum atomic E-state index is -1.09. The van der Waals surface area contributed by atoms with Gasteiger partial charge in [0.05, 0.1) is 23.9 Å². The van der Waals surface area contributed by atoms with Crippen LogP contribution in [-0.2, 0) is 21.4 Å². The normalized spacial score (nSPS) is 27.9. The molecule has 2 fully saturated rings. The van der Waals surface area contributed by atoms with Crippen LogP contribution in [0, 0.1) is 0 Å². The van der Waals surface area contributed by atoms with Gasteiger partial charge in [-0.05, 0) is 38.3 Å². The van der Waals surface area contributed by atoms with Gasteiger partial charge in [-0.15, -0.1) is 0 Å². The largest absolute Gasteiger partial charge is 0.386 e. The first kappa shape index (κ1) is 19.6. The highest BCUT2D eigenvalue weighted by Gasteiger charge is 2.48. The fraction of sp³-hybridized carbons (Fsp3) is 0.632. The predicted octanol–water partition coefficient (Wildman–Crippen LogP) is 0.471. The van der Waals surface area contributed by atoms with Gasteiger partial charge in [-0.3, -0.25) is 14.3 Å². The maximum absolute atomic E-state index is 12.5. The molecule has 1 spiro atoms. The van der Waals surface area contributed by atoms with Gasteiger partial charge >= 0.3 is 0 Å². The van der Waals surface area contributed by atoms with E-state index in [4.69, 9.17) is 4.74 Å². The molecule has 148 valence electrons. The van der Waals surface area contributed by atoms with E-state index in [0.29, 0.717) is 32.4 Å². The maximum atomic E-state index is 12.5. The smallest absolute Gasteiger partial charge is 0.246 e. The number of hydrogen-bond acceptors (Lipinski definition) is 5. The molecule has 2 N–H and O–H groups in total. The third-order valence-corrected chi connectivity index (χ3v) is 5.62. The van der Waals surface area contributed by atoms with Crippen LogP contribution in [0.4, 0.5) is 0 Å². The number of carbonyl (C=O) groups excluding carboxylic acids is 2. The lowest BCUT2D eigenvalue weighted by molar-refractivity contribution is -0.193. The number of amides is 2. The Kier molecular flexibility index (Phi) is 5.39. The molecule has 0 bridgehead atoms. The summed E-state index contributed by atoms with van der Waals surface area (Å²) in [6, 6.07) is 1.49. The monoisotopic (exact) mass is 376 g/mol. The summed E-state index contributed by atoms with van der Waals surface area (Å²) in [6.07, 6.45) is 6.94. The SMILES string of the molecule is CC(=O)N[C@H]1CC2(CCN(C(=O)/C=C/c3ccnn3C)CC2)OC[C@]1(C)O. The van der Waals surface area contributed by atoms with E-state index >= 15 is 0 Å². The van der Waals surface area contributed by atoms with Crippen LogP contribution in [0.5, 0.6) is 0 Å². The van der Waals surface area contributed by atoms with Gasteiger partial charge in [0.25, 0.3) is 0 Å². The Labute approximate surface area is 159 Å². The number of nitrogens with one attached hydrogen (secondary N) is 1. The highest BCUT2D eigenvalue weighted by molar-refractivity contribution is 5.91. The molecule has 2 aliphatic rings. The number of nitrogens with zero attached hydrogens (tertiary/aromatic N) is 3. The van der Waals surface area contributed by atoms with Crippen molar-refractivity contribution in [1.82, 2.24) is 20.0 Å². The van der Waals surface area contributed by atoms with Crippen LogP contribution in [0.25, 0.3) is 6.08 Å². The molecule has 1 aromatic rings. The summed E-state index contributed by atoms with van der Waals surface area (Å²) in [5, 5.41) is 17.4. The zero-order valence-electron chi connectivity index (χ0n) is 16.1. The summed E-state index contributed by atoms with van der Waals surface area (Å²) in [7, 11) is 1.83. The van der Waals surface area contributed by atoms with Gasteiger partial charge in [-0.1, -0.05) is 0 Å². The van der Waals surface area contributed by atoms with E-state index in [2.05, 4.69) is 10.4 Å². The molecule has 3 heterocycles. The number of aromatic nitrogens is 2. The minimum absolute atomic E-state index is 0.0349. The first-order valence-corrected chi connectivity index (χ1v) is 9.29. The number of aliphatic hydroxyl groups is 1.